The summed E-state index contributed by atoms with van der Waals surface area (Å²) in [5, 5.41) is 10.1. The summed E-state index contributed by atoms with van der Waals surface area (Å²) in [4.78, 5) is 16.9. The molecule has 28 heavy (non-hydrogen) atoms. The second kappa shape index (κ2) is 8.49. The molecule has 1 aromatic carbocycles. The third-order valence-electron chi connectivity index (χ3n) is 4.94. The summed E-state index contributed by atoms with van der Waals surface area (Å²) in [5.41, 5.74) is 2.79. The Morgan fingerprint density at radius 3 is 2.54 bits per heavy atom. The number of hydrogen-bond acceptors (Lipinski definition) is 5. The number of anilines is 1. The molecular formula is C20H21Cl2N5O. The lowest BCUT2D eigenvalue weighted by atomic mass is 10.2. The van der Waals surface area contributed by atoms with Crippen LogP contribution in [0.25, 0.3) is 22.6 Å². The number of nitrogens with zero attached hydrogens (tertiary/aromatic N) is 4. The van der Waals surface area contributed by atoms with Crippen LogP contribution >= 0.6 is 23.2 Å². The largest absolute Gasteiger partial charge is 0.395 e. The average Bonchev–Trinajstić information content (AvgIpc) is 3.21. The number of β-amino-alcohol motifs (C(OH)–C–C–N with tert-alkyl or cyclic N) is 1. The Labute approximate surface area is 173 Å². The van der Waals surface area contributed by atoms with E-state index in [0.29, 0.717) is 10.0 Å². The molecule has 3 heterocycles. The summed E-state index contributed by atoms with van der Waals surface area (Å²) in [6.45, 7) is 4.56. The number of aromatic amines is 1. The summed E-state index contributed by atoms with van der Waals surface area (Å²) in [6.07, 6.45) is 3.61. The number of piperazine rings is 1. The average molecular weight is 418 g/mol. The third kappa shape index (κ3) is 4.15. The lowest BCUT2D eigenvalue weighted by Crippen LogP contribution is -2.47. The zero-order chi connectivity index (χ0) is 19.5. The highest BCUT2D eigenvalue weighted by atomic mass is 35.5. The first kappa shape index (κ1) is 19.2. The van der Waals surface area contributed by atoms with Crippen molar-refractivity contribution in [2.75, 3.05) is 44.2 Å². The van der Waals surface area contributed by atoms with E-state index in [1.165, 1.54) is 0 Å². The monoisotopic (exact) mass is 417 g/mol. The number of imidazole rings is 1. The van der Waals surface area contributed by atoms with Crippen molar-refractivity contribution in [2.24, 2.45) is 0 Å². The fourth-order valence-corrected chi connectivity index (χ4v) is 3.66. The van der Waals surface area contributed by atoms with Gasteiger partial charge in [0.15, 0.2) is 0 Å². The number of aliphatic hydroxyl groups is 1. The molecule has 0 spiro atoms. The maximum Gasteiger partial charge on any atom is 0.137 e. The van der Waals surface area contributed by atoms with Gasteiger partial charge in [0.1, 0.15) is 11.6 Å². The van der Waals surface area contributed by atoms with E-state index >= 15 is 0 Å². The van der Waals surface area contributed by atoms with Gasteiger partial charge in [0.25, 0.3) is 0 Å². The molecule has 0 bridgehead atoms. The van der Waals surface area contributed by atoms with E-state index in [1.54, 1.807) is 12.3 Å². The van der Waals surface area contributed by atoms with Crippen molar-refractivity contribution < 1.29 is 5.11 Å². The van der Waals surface area contributed by atoms with Crippen molar-refractivity contribution in [1.82, 2.24) is 19.9 Å². The Bertz CT molecular complexity index is 953. The molecule has 2 aromatic heterocycles. The van der Waals surface area contributed by atoms with Crippen LogP contribution in [0.2, 0.25) is 10.0 Å². The first-order chi connectivity index (χ1) is 13.6. The number of rotatable bonds is 5. The van der Waals surface area contributed by atoms with Gasteiger partial charge in [-0.05, 0) is 24.3 Å². The Morgan fingerprint density at radius 2 is 1.79 bits per heavy atom. The number of hydrogen-bond donors (Lipinski definition) is 2. The maximum absolute atomic E-state index is 9.08. The highest BCUT2D eigenvalue weighted by Gasteiger charge is 2.18. The van der Waals surface area contributed by atoms with Crippen LogP contribution in [0.4, 0.5) is 5.82 Å². The number of pyridine rings is 1. The summed E-state index contributed by atoms with van der Waals surface area (Å²) in [5.74, 6) is 1.72. The van der Waals surface area contributed by atoms with Crippen molar-refractivity contribution in [2.45, 2.75) is 0 Å². The van der Waals surface area contributed by atoms with Gasteiger partial charge < -0.3 is 15.0 Å². The van der Waals surface area contributed by atoms with Crippen LogP contribution in [0.5, 0.6) is 0 Å². The number of H-pyrrole nitrogens is 1. The van der Waals surface area contributed by atoms with Gasteiger partial charge in [-0.1, -0.05) is 29.3 Å². The van der Waals surface area contributed by atoms with Crippen LogP contribution in [0.3, 0.4) is 0 Å². The maximum atomic E-state index is 9.08. The van der Waals surface area contributed by atoms with Crippen LogP contribution in [-0.4, -0.2) is 64.3 Å². The molecule has 1 fully saturated rings. The molecule has 0 unspecified atom stereocenters. The normalized spacial score (nSPS) is 15.2. The molecule has 1 aliphatic heterocycles. The first-order valence-corrected chi connectivity index (χ1v) is 9.94. The fraction of sp³-hybridized carbons (Fsp3) is 0.300. The van der Waals surface area contributed by atoms with E-state index in [-0.39, 0.29) is 6.61 Å². The van der Waals surface area contributed by atoms with Gasteiger partial charge in [-0.15, -0.1) is 0 Å². The smallest absolute Gasteiger partial charge is 0.137 e. The third-order valence-corrected chi connectivity index (χ3v) is 5.68. The highest BCUT2D eigenvalue weighted by molar-refractivity contribution is 6.42. The van der Waals surface area contributed by atoms with Gasteiger partial charge >= 0.3 is 0 Å². The molecule has 4 rings (SSSR count). The van der Waals surface area contributed by atoms with Crippen molar-refractivity contribution in [1.29, 1.82) is 0 Å². The predicted molar refractivity (Wildman–Crippen MR) is 113 cm³/mol. The van der Waals surface area contributed by atoms with Crippen LogP contribution in [0, 0.1) is 0 Å². The summed E-state index contributed by atoms with van der Waals surface area (Å²) in [6, 6.07) is 9.52. The number of aromatic nitrogens is 3. The molecule has 3 aromatic rings. The standard InChI is InChI=1S/C20H21Cl2N5O/c21-16-2-1-14(11-17(16)22)18-13-24-20(25-18)15-3-4-23-19(12-15)27-7-5-26(6-8-27)9-10-28/h1-4,11-13,28H,5-10H2,(H,24,25). The molecule has 0 aliphatic carbocycles. The number of halogens is 2. The van der Waals surface area contributed by atoms with E-state index in [0.717, 1.165) is 61.2 Å². The Balaban J connectivity index is 1.52. The molecule has 0 atom stereocenters. The highest BCUT2D eigenvalue weighted by Crippen LogP contribution is 2.29. The van der Waals surface area contributed by atoms with E-state index in [4.69, 9.17) is 28.3 Å². The number of benzene rings is 1. The summed E-state index contributed by atoms with van der Waals surface area (Å²) < 4.78 is 0. The van der Waals surface area contributed by atoms with Crippen LogP contribution < -0.4 is 4.90 Å². The molecule has 146 valence electrons. The molecule has 2 N–H and O–H groups in total. The van der Waals surface area contributed by atoms with Gasteiger partial charge in [-0.2, -0.15) is 0 Å². The number of aliphatic hydroxyl groups excluding tert-OH is 1. The van der Waals surface area contributed by atoms with Gasteiger partial charge in [0.05, 0.1) is 28.5 Å². The van der Waals surface area contributed by atoms with E-state index in [1.807, 2.05) is 24.4 Å². The first-order valence-electron chi connectivity index (χ1n) is 9.19. The lowest BCUT2D eigenvalue weighted by molar-refractivity contribution is 0.188. The quantitative estimate of drug-likeness (QED) is 0.663. The van der Waals surface area contributed by atoms with Gasteiger partial charge in [0, 0.05) is 50.0 Å². The molecule has 1 saturated heterocycles. The van der Waals surface area contributed by atoms with Crippen LogP contribution in [-0.2, 0) is 0 Å². The molecule has 6 nitrogen and oxygen atoms in total. The minimum absolute atomic E-state index is 0.202. The van der Waals surface area contributed by atoms with Gasteiger partial charge in [0.2, 0.25) is 0 Å². The number of nitrogens with one attached hydrogen (secondary N) is 1. The van der Waals surface area contributed by atoms with Crippen molar-refractivity contribution in [3.8, 4) is 22.6 Å². The lowest BCUT2D eigenvalue weighted by Gasteiger charge is -2.35. The van der Waals surface area contributed by atoms with E-state index in [2.05, 4.69) is 30.8 Å². The molecule has 1 aliphatic rings. The second-order valence-corrected chi connectivity index (χ2v) is 7.54. The Hall–Kier alpha value is -2.12. The van der Waals surface area contributed by atoms with Crippen LogP contribution in [0.1, 0.15) is 0 Å². The van der Waals surface area contributed by atoms with Crippen molar-refractivity contribution in [3.05, 3.63) is 52.8 Å². The summed E-state index contributed by atoms with van der Waals surface area (Å²) >= 11 is 12.1. The van der Waals surface area contributed by atoms with E-state index < -0.39 is 0 Å². The Kier molecular flexibility index (Phi) is 5.82. The zero-order valence-electron chi connectivity index (χ0n) is 15.3. The SMILES string of the molecule is OCCN1CCN(c2cc(-c3ncc(-c4ccc(Cl)c(Cl)c4)[nH]3)ccn2)CC1. The van der Waals surface area contributed by atoms with Gasteiger partial charge in [-0.3, -0.25) is 4.90 Å². The minimum Gasteiger partial charge on any atom is -0.395 e. The molecule has 0 saturated carbocycles. The van der Waals surface area contributed by atoms with Crippen molar-refractivity contribution in [3.63, 3.8) is 0 Å². The molecule has 0 radical (unpaired) electrons. The molecular weight excluding hydrogens is 397 g/mol. The van der Waals surface area contributed by atoms with E-state index in [9.17, 15) is 0 Å². The van der Waals surface area contributed by atoms with Crippen LogP contribution in [0.15, 0.2) is 42.7 Å². The molecule has 8 heteroatoms. The second-order valence-electron chi connectivity index (χ2n) is 6.73. The predicted octanol–water partition coefficient (Wildman–Crippen LogP) is 3.56. The fourth-order valence-electron chi connectivity index (χ4n) is 3.36. The Morgan fingerprint density at radius 1 is 0.964 bits per heavy atom. The summed E-state index contributed by atoms with van der Waals surface area (Å²) in [7, 11) is 0. The van der Waals surface area contributed by atoms with Gasteiger partial charge in [-0.25, -0.2) is 9.97 Å². The minimum atomic E-state index is 0.202. The zero-order valence-corrected chi connectivity index (χ0v) is 16.8. The van der Waals surface area contributed by atoms with Crippen molar-refractivity contribution >= 4 is 29.0 Å². The molecule has 0 amide bonds. The topological polar surface area (TPSA) is 68.3 Å².